The SMILES string of the molecule is CCOC(=O)C1(C(=O)OCC)CC(/C=C/B2OC(C)(C)C(C)(C)O2)=C([C@@]23C[C@@H]2CC(C(=O)OCC)(C(=O)OCC)C3)C1. The fraction of sp³-hybridized carbons (Fsp3) is 0.742. The number of esters is 4. The predicted octanol–water partition coefficient (Wildman–Crippen LogP) is 4.29. The first kappa shape index (κ1) is 32.3. The molecular formula is C31H45BO10. The molecule has 2 saturated carbocycles. The standard InChI is InChI=1S/C31H45BO10/c1-9-37-23(33)29(24(34)38-10-2)15-20(13-14-32-41-27(5,6)28(7,8)42-32)22(18-29)30-16-21(30)17-31(19-30,25(35)39-11-3)26(36)40-12-4/h13-14,21H,9-12,15-19H2,1-8H3/b14-13+/t21-,30-/m1/s1. The molecule has 0 N–H and O–H groups in total. The van der Waals surface area contributed by atoms with E-state index < -0.39 is 58.4 Å². The Kier molecular flexibility index (Phi) is 8.79. The molecule has 0 bridgehead atoms. The van der Waals surface area contributed by atoms with Gasteiger partial charge in [-0.25, -0.2) is 0 Å². The summed E-state index contributed by atoms with van der Waals surface area (Å²) in [7, 11) is -0.641. The predicted molar refractivity (Wildman–Crippen MR) is 153 cm³/mol. The number of hydrogen-bond acceptors (Lipinski definition) is 10. The third-order valence-electron chi connectivity index (χ3n) is 9.79. The molecule has 4 rings (SSSR count). The molecule has 0 spiro atoms. The molecule has 1 heterocycles. The van der Waals surface area contributed by atoms with Gasteiger partial charge in [0.25, 0.3) is 0 Å². The summed E-state index contributed by atoms with van der Waals surface area (Å²) in [6.45, 7) is 15.1. The largest absolute Gasteiger partial charge is 0.487 e. The van der Waals surface area contributed by atoms with Gasteiger partial charge < -0.3 is 28.3 Å². The first-order valence-corrected chi connectivity index (χ1v) is 15.1. The van der Waals surface area contributed by atoms with Crippen LogP contribution in [-0.4, -0.2) is 68.6 Å². The highest BCUT2D eigenvalue weighted by Crippen LogP contribution is 2.75. The van der Waals surface area contributed by atoms with Crippen molar-refractivity contribution < 1.29 is 47.4 Å². The van der Waals surface area contributed by atoms with E-state index in [1.807, 2.05) is 33.8 Å². The minimum atomic E-state index is -1.57. The lowest BCUT2D eigenvalue weighted by Gasteiger charge is -2.32. The van der Waals surface area contributed by atoms with Gasteiger partial charge in [0, 0.05) is 0 Å². The molecule has 11 heteroatoms. The highest BCUT2D eigenvalue weighted by molar-refractivity contribution is 6.51. The zero-order chi connectivity index (χ0) is 31.1. The van der Waals surface area contributed by atoms with E-state index in [0.717, 1.165) is 17.6 Å². The third kappa shape index (κ3) is 5.21. The van der Waals surface area contributed by atoms with Gasteiger partial charge in [0.15, 0.2) is 10.8 Å². The molecule has 1 aliphatic heterocycles. The van der Waals surface area contributed by atoms with Crippen LogP contribution in [0.25, 0.3) is 0 Å². The minimum absolute atomic E-state index is 0.0123. The number of allylic oxidation sites excluding steroid dienone is 3. The van der Waals surface area contributed by atoms with Gasteiger partial charge in [-0.15, -0.1) is 0 Å². The Bertz CT molecular complexity index is 1130. The molecule has 1 saturated heterocycles. The highest BCUT2D eigenvalue weighted by Gasteiger charge is 2.74. The fourth-order valence-electron chi connectivity index (χ4n) is 6.94. The summed E-state index contributed by atoms with van der Waals surface area (Å²) in [4.78, 5) is 53.5. The van der Waals surface area contributed by atoms with E-state index in [9.17, 15) is 19.2 Å². The second-order valence-electron chi connectivity index (χ2n) is 12.8. The third-order valence-corrected chi connectivity index (χ3v) is 9.79. The Labute approximate surface area is 249 Å². The van der Waals surface area contributed by atoms with Crippen LogP contribution in [0.1, 0.15) is 87.5 Å². The van der Waals surface area contributed by atoms with E-state index in [4.69, 9.17) is 28.3 Å². The summed E-state index contributed by atoms with van der Waals surface area (Å²) in [6.07, 6.45) is 3.19. The topological polar surface area (TPSA) is 124 Å². The summed E-state index contributed by atoms with van der Waals surface area (Å²) in [6, 6.07) is 0. The second kappa shape index (κ2) is 11.4. The lowest BCUT2D eigenvalue weighted by molar-refractivity contribution is -0.174. The van der Waals surface area contributed by atoms with Crippen LogP contribution in [0.4, 0.5) is 0 Å². The maximum absolute atomic E-state index is 13.5. The summed E-state index contributed by atoms with van der Waals surface area (Å²) in [5, 5.41) is 0. The van der Waals surface area contributed by atoms with Crippen molar-refractivity contribution >= 4 is 31.0 Å². The van der Waals surface area contributed by atoms with Crippen LogP contribution < -0.4 is 0 Å². The van der Waals surface area contributed by atoms with Gasteiger partial charge in [-0.1, -0.05) is 17.6 Å². The van der Waals surface area contributed by atoms with E-state index >= 15 is 0 Å². The van der Waals surface area contributed by atoms with Gasteiger partial charge in [-0.05, 0) is 104 Å². The number of carbonyl (C=O) groups excluding carboxylic acids is 4. The first-order chi connectivity index (χ1) is 19.7. The molecule has 0 aromatic heterocycles. The Morgan fingerprint density at radius 2 is 1.19 bits per heavy atom. The van der Waals surface area contributed by atoms with E-state index in [0.29, 0.717) is 0 Å². The average molecular weight is 589 g/mol. The lowest BCUT2D eigenvalue weighted by atomic mass is 9.76. The second-order valence-corrected chi connectivity index (χ2v) is 12.8. The van der Waals surface area contributed by atoms with Gasteiger partial charge in [-0.2, -0.15) is 0 Å². The molecule has 232 valence electrons. The molecule has 0 amide bonds. The Morgan fingerprint density at radius 1 is 0.738 bits per heavy atom. The summed E-state index contributed by atoms with van der Waals surface area (Å²) >= 11 is 0. The molecule has 0 aromatic rings. The monoisotopic (exact) mass is 588 g/mol. The zero-order valence-electron chi connectivity index (χ0n) is 26.3. The van der Waals surface area contributed by atoms with Crippen LogP contribution in [0.5, 0.6) is 0 Å². The Balaban J connectivity index is 1.77. The van der Waals surface area contributed by atoms with Crippen molar-refractivity contribution in [1.29, 1.82) is 0 Å². The smallest absolute Gasteiger partial charge is 0.465 e. The fourth-order valence-corrected chi connectivity index (χ4v) is 6.94. The molecule has 4 aliphatic rings. The van der Waals surface area contributed by atoms with Gasteiger partial charge in [0.1, 0.15) is 0 Å². The van der Waals surface area contributed by atoms with Gasteiger partial charge in [0.2, 0.25) is 0 Å². The molecule has 42 heavy (non-hydrogen) atoms. The molecule has 2 atom stereocenters. The number of ether oxygens (including phenoxy) is 4. The van der Waals surface area contributed by atoms with E-state index in [1.165, 1.54) is 0 Å². The number of rotatable bonds is 11. The molecule has 0 unspecified atom stereocenters. The molecular weight excluding hydrogens is 543 g/mol. The molecule has 3 fully saturated rings. The van der Waals surface area contributed by atoms with Crippen molar-refractivity contribution in [3.05, 3.63) is 23.2 Å². The average Bonchev–Trinajstić information content (AvgIpc) is 3.19. The van der Waals surface area contributed by atoms with Crippen molar-refractivity contribution in [2.24, 2.45) is 22.2 Å². The molecule has 3 aliphatic carbocycles. The zero-order valence-corrected chi connectivity index (χ0v) is 26.3. The van der Waals surface area contributed by atoms with Crippen molar-refractivity contribution in [3.63, 3.8) is 0 Å². The van der Waals surface area contributed by atoms with E-state index in [-0.39, 0.29) is 58.0 Å². The quantitative estimate of drug-likeness (QED) is 0.149. The van der Waals surface area contributed by atoms with Gasteiger partial charge >= 0.3 is 31.0 Å². The maximum Gasteiger partial charge on any atom is 0.487 e. The van der Waals surface area contributed by atoms with Crippen molar-refractivity contribution in [1.82, 2.24) is 0 Å². The first-order valence-electron chi connectivity index (χ1n) is 15.1. The summed E-state index contributed by atoms with van der Waals surface area (Å²) in [5.74, 6) is -0.690. The highest BCUT2D eigenvalue weighted by atomic mass is 16.7. The van der Waals surface area contributed by atoms with Crippen LogP contribution in [-0.2, 0) is 47.4 Å². The lowest BCUT2D eigenvalue weighted by Crippen LogP contribution is -2.42. The number of hydrogen-bond donors (Lipinski definition) is 0. The van der Waals surface area contributed by atoms with E-state index in [1.54, 1.807) is 33.7 Å². The van der Waals surface area contributed by atoms with Crippen LogP contribution in [0.3, 0.4) is 0 Å². The number of carbonyl (C=O) groups is 4. The van der Waals surface area contributed by atoms with Crippen LogP contribution in [0.15, 0.2) is 23.2 Å². The number of fused-ring (bicyclic) bond motifs is 1. The normalized spacial score (nSPS) is 28.0. The summed E-state index contributed by atoms with van der Waals surface area (Å²) in [5.41, 5.74) is -3.05. The molecule has 0 aromatic carbocycles. The molecule has 0 radical (unpaired) electrons. The van der Waals surface area contributed by atoms with Gasteiger partial charge in [0.05, 0.1) is 37.6 Å². The molecule has 10 nitrogen and oxygen atoms in total. The minimum Gasteiger partial charge on any atom is -0.465 e. The Hall–Kier alpha value is -2.66. The van der Waals surface area contributed by atoms with Crippen molar-refractivity contribution in [3.8, 4) is 0 Å². The van der Waals surface area contributed by atoms with Crippen molar-refractivity contribution in [2.75, 3.05) is 26.4 Å². The van der Waals surface area contributed by atoms with Crippen molar-refractivity contribution in [2.45, 2.75) is 98.7 Å². The maximum atomic E-state index is 13.5. The van der Waals surface area contributed by atoms with Crippen LogP contribution in [0, 0.1) is 22.2 Å². The van der Waals surface area contributed by atoms with Crippen LogP contribution in [0.2, 0.25) is 0 Å². The van der Waals surface area contributed by atoms with Gasteiger partial charge in [-0.3, -0.25) is 19.2 Å². The van der Waals surface area contributed by atoms with Crippen LogP contribution >= 0.6 is 0 Å². The Morgan fingerprint density at radius 3 is 1.64 bits per heavy atom. The summed E-state index contributed by atoms with van der Waals surface area (Å²) < 4.78 is 33.9. The van der Waals surface area contributed by atoms with E-state index in [2.05, 4.69) is 0 Å².